The summed E-state index contributed by atoms with van der Waals surface area (Å²) < 4.78 is 0. The third-order valence-electron chi connectivity index (χ3n) is 2.49. The number of benzene rings is 1. The van der Waals surface area contributed by atoms with E-state index in [2.05, 4.69) is 0 Å². The highest BCUT2D eigenvalue weighted by atomic mass is 35.5. The highest BCUT2D eigenvalue weighted by Gasteiger charge is 2.16. The standard InChI is InChI=1S/C12H18ClNO2/c1-9(2)14(6-7-15)12-10(8-16)4-3-5-11(12)13/h3-5,9,15-16H,6-8H2,1-2H3. The third kappa shape index (κ3) is 2.88. The molecule has 1 aromatic carbocycles. The van der Waals surface area contributed by atoms with Gasteiger partial charge in [0.1, 0.15) is 0 Å². The van der Waals surface area contributed by atoms with Gasteiger partial charge in [-0.15, -0.1) is 0 Å². The molecular formula is C12H18ClNO2. The predicted octanol–water partition coefficient (Wildman–Crippen LogP) is 2.04. The summed E-state index contributed by atoms with van der Waals surface area (Å²) >= 11 is 6.15. The van der Waals surface area contributed by atoms with Gasteiger partial charge in [0.15, 0.2) is 0 Å². The number of hydrogen-bond donors (Lipinski definition) is 2. The van der Waals surface area contributed by atoms with Crippen molar-refractivity contribution in [3.8, 4) is 0 Å². The number of para-hydroxylation sites is 1. The fourth-order valence-corrected chi connectivity index (χ4v) is 2.05. The number of anilines is 1. The van der Waals surface area contributed by atoms with E-state index in [0.717, 1.165) is 11.3 Å². The number of halogens is 1. The Morgan fingerprint density at radius 3 is 2.50 bits per heavy atom. The number of aliphatic hydroxyl groups excluding tert-OH is 2. The summed E-state index contributed by atoms with van der Waals surface area (Å²) in [5.74, 6) is 0. The van der Waals surface area contributed by atoms with Crippen molar-refractivity contribution >= 4 is 17.3 Å². The van der Waals surface area contributed by atoms with Crippen LogP contribution in [0.1, 0.15) is 19.4 Å². The van der Waals surface area contributed by atoms with E-state index in [4.69, 9.17) is 16.7 Å². The lowest BCUT2D eigenvalue weighted by Crippen LogP contribution is -2.34. The summed E-state index contributed by atoms with van der Waals surface area (Å²) in [7, 11) is 0. The summed E-state index contributed by atoms with van der Waals surface area (Å²) in [6, 6.07) is 5.67. The lowest BCUT2D eigenvalue weighted by atomic mass is 10.1. The fraction of sp³-hybridized carbons (Fsp3) is 0.500. The van der Waals surface area contributed by atoms with Crippen molar-refractivity contribution in [1.29, 1.82) is 0 Å². The Labute approximate surface area is 101 Å². The maximum absolute atomic E-state index is 9.29. The summed E-state index contributed by atoms with van der Waals surface area (Å²) in [4.78, 5) is 1.99. The van der Waals surface area contributed by atoms with Gasteiger partial charge in [-0.05, 0) is 19.9 Å². The predicted molar refractivity (Wildman–Crippen MR) is 66.9 cm³/mol. The van der Waals surface area contributed by atoms with Gasteiger partial charge in [-0.2, -0.15) is 0 Å². The van der Waals surface area contributed by atoms with Crippen LogP contribution in [0.25, 0.3) is 0 Å². The Hall–Kier alpha value is -0.770. The van der Waals surface area contributed by atoms with Gasteiger partial charge in [0.2, 0.25) is 0 Å². The van der Waals surface area contributed by atoms with Crippen LogP contribution in [0.4, 0.5) is 5.69 Å². The molecule has 2 N–H and O–H groups in total. The van der Waals surface area contributed by atoms with E-state index in [9.17, 15) is 5.11 Å². The van der Waals surface area contributed by atoms with Crippen LogP contribution in [-0.2, 0) is 6.61 Å². The average molecular weight is 244 g/mol. The Morgan fingerprint density at radius 1 is 1.31 bits per heavy atom. The second-order valence-electron chi connectivity index (χ2n) is 3.92. The Kier molecular flexibility index (Phi) is 5.06. The Bertz CT molecular complexity index is 342. The molecular weight excluding hydrogens is 226 g/mol. The van der Waals surface area contributed by atoms with Crippen LogP contribution in [-0.4, -0.2) is 29.4 Å². The first kappa shape index (κ1) is 13.3. The molecule has 1 rings (SSSR count). The van der Waals surface area contributed by atoms with Gasteiger partial charge >= 0.3 is 0 Å². The smallest absolute Gasteiger partial charge is 0.0702 e. The molecule has 90 valence electrons. The maximum atomic E-state index is 9.29. The summed E-state index contributed by atoms with van der Waals surface area (Å²) in [6.45, 7) is 4.58. The normalized spacial score (nSPS) is 10.9. The molecule has 0 aliphatic heterocycles. The van der Waals surface area contributed by atoms with Crippen LogP contribution in [0.5, 0.6) is 0 Å². The van der Waals surface area contributed by atoms with Crippen molar-refractivity contribution < 1.29 is 10.2 Å². The number of hydrogen-bond acceptors (Lipinski definition) is 3. The van der Waals surface area contributed by atoms with Crippen LogP contribution in [0, 0.1) is 0 Å². The first-order chi connectivity index (χ1) is 7.61. The molecule has 16 heavy (non-hydrogen) atoms. The minimum absolute atomic E-state index is 0.0510. The lowest BCUT2D eigenvalue weighted by molar-refractivity contribution is 0.280. The molecule has 0 spiro atoms. The first-order valence-electron chi connectivity index (χ1n) is 5.37. The topological polar surface area (TPSA) is 43.7 Å². The molecule has 0 saturated carbocycles. The third-order valence-corrected chi connectivity index (χ3v) is 2.80. The highest BCUT2D eigenvalue weighted by Crippen LogP contribution is 2.31. The molecule has 0 heterocycles. The van der Waals surface area contributed by atoms with Gasteiger partial charge < -0.3 is 15.1 Å². The number of aliphatic hydroxyl groups is 2. The molecule has 0 aliphatic rings. The fourth-order valence-electron chi connectivity index (χ4n) is 1.75. The van der Waals surface area contributed by atoms with Crippen molar-refractivity contribution in [3.05, 3.63) is 28.8 Å². The summed E-state index contributed by atoms with van der Waals surface area (Å²) in [6.07, 6.45) is 0. The lowest BCUT2D eigenvalue weighted by Gasteiger charge is -2.30. The zero-order valence-electron chi connectivity index (χ0n) is 9.65. The average Bonchev–Trinajstić information content (AvgIpc) is 2.26. The Balaban J connectivity index is 3.16. The monoisotopic (exact) mass is 243 g/mol. The van der Waals surface area contributed by atoms with Crippen molar-refractivity contribution in [2.45, 2.75) is 26.5 Å². The summed E-state index contributed by atoms with van der Waals surface area (Å²) in [5.41, 5.74) is 1.60. The molecule has 1 aromatic rings. The quantitative estimate of drug-likeness (QED) is 0.832. The van der Waals surface area contributed by atoms with Gasteiger partial charge in [0.05, 0.1) is 23.9 Å². The largest absolute Gasteiger partial charge is 0.395 e. The van der Waals surface area contributed by atoms with E-state index in [1.54, 1.807) is 6.07 Å². The first-order valence-corrected chi connectivity index (χ1v) is 5.75. The number of rotatable bonds is 5. The van der Waals surface area contributed by atoms with Gasteiger partial charge in [-0.3, -0.25) is 0 Å². The highest BCUT2D eigenvalue weighted by molar-refractivity contribution is 6.33. The molecule has 4 heteroatoms. The molecule has 0 saturated heterocycles. The molecule has 0 amide bonds. The zero-order valence-corrected chi connectivity index (χ0v) is 10.4. The van der Waals surface area contributed by atoms with E-state index < -0.39 is 0 Å². The maximum Gasteiger partial charge on any atom is 0.0702 e. The van der Waals surface area contributed by atoms with Crippen LogP contribution < -0.4 is 4.90 Å². The molecule has 3 nitrogen and oxygen atoms in total. The van der Waals surface area contributed by atoms with Crippen LogP contribution in [0.2, 0.25) is 5.02 Å². The van der Waals surface area contributed by atoms with E-state index in [-0.39, 0.29) is 19.3 Å². The minimum atomic E-state index is -0.0510. The molecule has 0 radical (unpaired) electrons. The zero-order chi connectivity index (χ0) is 12.1. The second kappa shape index (κ2) is 6.09. The van der Waals surface area contributed by atoms with E-state index >= 15 is 0 Å². The van der Waals surface area contributed by atoms with Crippen LogP contribution in [0.15, 0.2) is 18.2 Å². The van der Waals surface area contributed by atoms with E-state index in [1.807, 2.05) is 30.9 Å². The molecule has 0 bridgehead atoms. The molecule has 0 aromatic heterocycles. The van der Waals surface area contributed by atoms with Crippen LogP contribution in [0.3, 0.4) is 0 Å². The van der Waals surface area contributed by atoms with E-state index in [0.29, 0.717) is 11.6 Å². The van der Waals surface area contributed by atoms with E-state index in [1.165, 1.54) is 0 Å². The minimum Gasteiger partial charge on any atom is -0.395 e. The van der Waals surface area contributed by atoms with Crippen LogP contribution >= 0.6 is 11.6 Å². The second-order valence-corrected chi connectivity index (χ2v) is 4.32. The molecule has 0 aliphatic carbocycles. The molecule has 0 unspecified atom stereocenters. The molecule has 0 fully saturated rings. The van der Waals surface area contributed by atoms with Crippen molar-refractivity contribution in [2.75, 3.05) is 18.1 Å². The van der Waals surface area contributed by atoms with Crippen molar-refractivity contribution in [1.82, 2.24) is 0 Å². The SMILES string of the molecule is CC(C)N(CCO)c1c(Cl)cccc1CO. The van der Waals surface area contributed by atoms with Gasteiger partial charge in [0.25, 0.3) is 0 Å². The number of nitrogens with zero attached hydrogens (tertiary/aromatic N) is 1. The van der Waals surface area contributed by atoms with Gasteiger partial charge in [-0.1, -0.05) is 23.7 Å². The summed E-state index contributed by atoms with van der Waals surface area (Å²) in [5, 5.41) is 19.0. The van der Waals surface area contributed by atoms with Gasteiger partial charge in [0, 0.05) is 18.2 Å². The van der Waals surface area contributed by atoms with Crippen molar-refractivity contribution in [2.24, 2.45) is 0 Å². The Morgan fingerprint density at radius 2 is 2.00 bits per heavy atom. The van der Waals surface area contributed by atoms with Gasteiger partial charge in [-0.25, -0.2) is 0 Å². The molecule has 0 atom stereocenters. The van der Waals surface area contributed by atoms with Crippen molar-refractivity contribution in [3.63, 3.8) is 0 Å².